The number of rotatable bonds is 7. The molecule has 140 valence electrons. The van der Waals surface area contributed by atoms with Crippen molar-refractivity contribution in [1.82, 2.24) is 0 Å². The number of allylic oxidation sites excluding steroid dienone is 1. The number of hydrogen-bond acceptors (Lipinski definition) is 2. The summed E-state index contributed by atoms with van der Waals surface area (Å²) in [6, 6.07) is 12.3. The Labute approximate surface area is 182 Å². The fraction of sp³-hybridized carbons (Fsp3) is 0.250. The zero-order valence-electron chi connectivity index (χ0n) is 15.0. The monoisotopic (exact) mass is 505 g/mol. The largest absolute Gasteiger partial charge is 1.00 e. The molecule has 0 amide bonds. The first-order valence-electron chi connectivity index (χ1n) is 7.95. The van der Waals surface area contributed by atoms with E-state index in [-0.39, 0.29) is 29.8 Å². The van der Waals surface area contributed by atoms with Crippen LogP contribution < -0.4 is 28.7 Å². The molecular formula is C20H22Cl2INO2. The number of benzene rings is 2. The van der Waals surface area contributed by atoms with Gasteiger partial charge in [0.05, 0.1) is 21.1 Å². The normalized spacial score (nSPS) is 11.3. The zero-order valence-corrected chi connectivity index (χ0v) is 18.7. The Morgan fingerprint density at radius 2 is 1.73 bits per heavy atom. The fourth-order valence-corrected chi connectivity index (χ4v) is 2.52. The number of carbonyl (C=O) groups is 1. The van der Waals surface area contributed by atoms with Crippen LogP contribution in [0.15, 0.2) is 48.5 Å². The molecule has 2 rings (SSSR count). The van der Waals surface area contributed by atoms with Gasteiger partial charge in [0.15, 0.2) is 5.78 Å². The maximum absolute atomic E-state index is 12.3. The molecule has 0 bridgehead atoms. The molecule has 0 unspecified atom stereocenters. The SMILES string of the molecule is C[N+](C)(C)CCOc1ccc(C(=O)/C=C/c2ccc(Cl)cc2Cl)cc1.[I-]. The molecule has 0 saturated heterocycles. The minimum absolute atomic E-state index is 0. The van der Waals surface area contributed by atoms with Crippen LogP contribution in [0.3, 0.4) is 0 Å². The van der Waals surface area contributed by atoms with Gasteiger partial charge in [-0.1, -0.05) is 29.3 Å². The van der Waals surface area contributed by atoms with Gasteiger partial charge in [0.25, 0.3) is 0 Å². The summed E-state index contributed by atoms with van der Waals surface area (Å²) >= 11 is 12.0. The first-order chi connectivity index (χ1) is 11.7. The van der Waals surface area contributed by atoms with Crippen LogP contribution in [0.25, 0.3) is 6.08 Å². The van der Waals surface area contributed by atoms with E-state index in [4.69, 9.17) is 27.9 Å². The highest BCUT2D eigenvalue weighted by molar-refractivity contribution is 6.35. The smallest absolute Gasteiger partial charge is 0.185 e. The number of nitrogens with zero attached hydrogens (tertiary/aromatic N) is 1. The third kappa shape index (κ3) is 7.66. The Kier molecular flexibility index (Phi) is 9.10. The fourth-order valence-electron chi connectivity index (χ4n) is 2.05. The van der Waals surface area contributed by atoms with E-state index in [0.717, 1.165) is 22.3 Å². The minimum atomic E-state index is -0.0936. The Balaban J connectivity index is 0.00000338. The molecule has 0 heterocycles. The highest BCUT2D eigenvalue weighted by Crippen LogP contribution is 2.22. The van der Waals surface area contributed by atoms with Gasteiger partial charge in [-0.15, -0.1) is 0 Å². The van der Waals surface area contributed by atoms with Gasteiger partial charge in [-0.25, -0.2) is 0 Å². The highest BCUT2D eigenvalue weighted by Gasteiger charge is 2.07. The van der Waals surface area contributed by atoms with Gasteiger partial charge in [-0.2, -0.15) is 0 Å². The predicted octanol–water partition coefficient (Wildman–Crippen LogP) is 1.98. The number of ketones is 1. The van der Waals surface area contributed by atoms with Crippen molar-refractivity contribution in [1.29, 1.82) is 0 Å². The van der Waals surface area contributed by atoms with Crippen molar-refractivity contribution < 1.29 is 38.0 Å². The van der Waals surface area contributed by atoms with Crippen molar-refractivity contribution in [3.8, 4) is 5.75 Å². The average Bonchev–Trinajstić information content (AvgIpc) is 2.53. The van der Waals surface area contributed by atoms with Gasteiger partial charge in [0.1, 0.15) is 18.9 Å². The molecule has 2 aromatic carbocycles. The van der Waals surface area contributed by atoms with E-state index in [1.807, 2.05) is 12.1 Å². The topological polar surface area (TPSA) is 26.3 Å². The second kappa shape index (κ2) is 10.3. The first kappa shape index (κ1) is 23.0. The van der Waals surface area contributed by atoms with Gasteiger partial charge in [-0.05, 0) is 54.1 Å². The molecule has 0 spiro atoms. The zero-order chi connectivity index (χ0) is 18.4. The molecular weight excluding hydrogens is 484 g/mol. The van der Waals surface area contributed by atoms with Crippen LogP contribution in [0.2, 0.25) is 10.0 Å². The van der Waals surface area contributed by atoms with Gasteiger partial charge >= 0.3 is 0 Å². The maximum Gasteiger partial charge on any atom is 0.185 e. The molecule has 0 aromatic heterocycles. The van der Waals surface area contributed by atoms with Crippen LogP contribution >= 0.6 is 23.2 Å². The van der Waals surface area contributed by atoms with Gasteiger partial charge in [-0.3, -0.25) is 4.79 Å². The van der Waals surface area contributed by atoms with Crippen LogP contribution in [-0.2, 0) is 0 Å². The standard InChI is InChI=1S/C20H22Cl2NO2.HI/c1-23(2,3)12-13-25-18-9-5-16(6-10-18)20(24)11-7-15-4-8-17(21)14-19(15)22;/h4-11,14H,12-13H2,1-3H3;1H/q+1;/p-1/b11-7+;. The molecule has 26 heavy (non-hydrogen) atoms. The van der Waals surface area contributed by atoms with Crippen LogP contribution in [0.5, 0.6) is 5.75 Å². The molecule has 6 heteroatoms. The van der Waals surface area contributed by atoms with E-state index < -0.39 is 0 Å². The third-order valence-corrected chi connectivity index (χ3v) is 4.11. The average molecular weight is 506 g/mol. The molecule has 0 aliphatic rings. The quantitative estimate of drug-likeness (QED) is 0.249. The lowest BCUT2D eigenvalue weighted by atomic mass is 10.1. The number of likely N-dealkylation sites (N-methyl/N-ethyl adjacent to an activating group) is 1. The van der Waals surface area contributed by atoms with Crippen LogP contribution in [-0.4, -0.2) is 44.6 Å². The molecule has 3 nitrogen and oxygen atoms in total. The molecule has 2 aromatic rings. The van der Waals surface area contributed by atoms with Gasteiger partial charge < -0.3 is 33.2 Å². The molecule has 0 N–H and O–H groups in total. The second-order valence-corrected chi connectivity index (χ2v) is 7.59. The summed E-state index contributed by atoms with van der Waals surface area (Å²) in [4.78, 5) is 12.3. The molecule has 0 aliphatic carbocycles. The molecule has 0 fully saturated rings. The molecule has 0 saturated carbocycles. The van der Waals surface area contributed by atoms with E-state index in [2.05, 4.69) is 21.1 Å². The summed E-state index contributed by atoms with van der Waals surface area (Å²) in [6.07, 6.45) is 3.19. The number of halogens is 3. The summed E-state index contributed by atoms with van der Waals surface area (Å²) in [5.74, 6) is 0.665. The van der Waals surface area contributed by atoms with E-state index in [9.17, 15) is 4.79 Å². The number of ether oxygens (including phenoxy) is 1. The van der Waals surface area contributed by atoms with Crippen molar-refractivity contribution in [2.75, 3.05) is 34.3 Å². The number of carbonyl (C=O) groups excluding carboxylic acids is 1. The number of quaternary nitrogens is 1. The maximum atomic E-state index is 12.3. The summed E-state index contributed by atoms with van der Waals surface area (Å²) < 4.78 is 6.54. The lowest BCUT2D eigenvalue weighted by Gasteiger charge is -2.23. The van der Waals surface area contributed by atoms with Crippen molar-refractivity contribution in [2.45, 2.75) is 0 Å². The lowest BCUT2D eigenvalue weighted by molar-refractivity contribution is -0.870. The van der Waals surface area contributed by atoms with Gasteiger partial charge in [0, 0.05) is 15.6 Å². The summed E-state index contributed by atoms with van der Waals surface area (Å²) in [6.45, 7) is 1.54. The van der Waals surface area contributed by atoms with Crippen LogP contribution in [0.1, 0.15) is 15.9 Å². The first-order valence-corrected chi connectivity index (χ1v) is 8.71. The van der Waals surface area contributed by atoms with Crippen LogP contribution in [0.4, 0.5) is 0 Å². The van der Waals surface area contributed by atoms with Crippen molar-refractivity contribution in [2.24, 2.45) is 0 Å². The van der Waals surface area contributed by atoms with Gasteiger partial charge in [0.2, 0.25) is 0 Å². The van der Waals surface area contributed by atoms with E-state index in [0.29, 0.717) is 22.2 Å². The van der Waals surface area contributed by atoms with Crippen molar-refractivity contribution >= 4 is 35.1 Å². The minimum Gasteiger partial charge on any atom is -1.00 e. The Morgan fingerprint density at radius 1 is 1.08 bits per heavy atom. The third-order valence-electron chi connectivity index (χ3n) is 3.55. The Morgan fingerprint density at radius 3 is 2.31 bits per heavy atom. The summed E-state index contributed by atoms with van der Waals surface area (Å²) in [5, 5.41) is 1.08. The molecule has 0 atom stereocenters. The van der Waals surface area contributed by atoms with Crippen molar-refractivity contribution in [3.63, 3.8) is 0 Å². The van der Waals surface area contributed by atoms with E-state index in [1.165, 1.54) is 6.08 Å². The molecule has 0 radical (unpaired) electrons. The Bertz CT molecular complexity index is 768. The van der Waals surface area contributed by atoms with E-state index in [1.54, 1.807) is 36.4 Å². The van der Waals surface area contributed by atoms with Crippen LogP contribution in [0, 0.1) is 0 Å². The lowest BCUT2D eigenvalue weighted by Crippen LogP contribution is -3.00. The second-order valence-electron chi connectivity index (χ2n) is 6.75. The number of hydrogen-bond donors (Lipinski definition) is 0. The Hall–Kier alpha value is -1.08. The summed E-state index contributed by atoms with van der Waals surface area (Å²) in [5.41, 5.74) is 1.35. The highest BCUT2D eigenvalue weighted by atomic mass is 127. The summed E-state index contributed by atoms with van der Waals surface area (Å²) in [7, 11) is 6.35. The molecule has 0 aliphatic heterocycles. The van der Waals surface area contributed by atoms with Crippen molar-refractivity contribution in [3.05, 3.63) is 69.7 Å². The van der Waals surface area contributed by atoms with E-state index >= 15 is 0 Å². The predicted molar refractivity (Wildman–Crippen MR) is 105 cm³/mol.